The molecule has 2 amide bonds. The van der Waals surface area contributed by atoms with Gasteiger partial charge in [0.2, 0.25) is 21.8 Å². The number of carbonyl (C=O) groups excluding carboxylic acids is 2. The summed E-state index contributed by atoms with van der Waals surface area (Å²) in [5.74, 6) is 1.51. The lowest BCUT2D eigenvalue weighted by molar-refractivity contribution is -0.133. The van der Waals surface area contributed by atoms with Crippen molar-refractivity contribution in [2.24, 2.45) is 11.8 Å². The average Bonchev–Trinajstić information content (AvgIpc) is 3.80. The molecule has 1 aromatic heterocycles. The van der Waals surface area contributed by atoms with Crippen molar-refractivity contribution in [3.8, 4) is 0 Å². The molecule has 10 nitrogen and oxygen atoms in total. The summed E-state index contributed by atoms with van der Waals surface area (Å²) in [6, 6.07) is 7.32. The van der Waals surface area contributed by atoms with Crippen molar-refractivity contribution in [3.63, 3.8) is 0 Å². The van der Waals surface area contributed by atoms with Crippen LogP contribution < -0.4 is 4.90 Å². The number of nitrogens with zero attached hydrogens (tertiary/aromatic N) is 6. The Kier molecular flexibility index (Phi) is 9.21. The fourth-order valence-corrected chi connectivity index (χ4v) is 9.85. The molecule has 2 bridgehead atoms. The van der Waals surface area contributed by atoms with E-state index < -0.39 is 10.0 Å². The van der Waals surface area contributed by atoms with E-state index in [1.54, 1.807) is 0 Å². The highest BCUT2D eigenvalue weighted by atomic mass is 35.5. The normalized spacial score (nSPS) is 25.6. The van der Waals surface area contributed by atoms with Crippen LogP contribution in [0.25, 0.3) is 0 Å². The maximum absolute atomic E-state index is 14.0. The Hall–Kier alpha value is -2.47. The van der Waals surface area contributed by atoms with E-state index in [4.69, 9.17) is 16.6 Å². The van der Waals surface area contributed by atoms with E-state index in [1.165, 1.54) is 29.1 Å². The zero-order chi connectivity index (χ0) is 33.0. The van der Waals surface area contributed by atoms with E-state index in [9.17, 15) is 18.0 Å². The third kappa shape index (κ3) is 6.74. The SMILES string of the molecule is Cc1ccc(N(CCCN2C3CCC2CC(n2c(C)nc4c2CCN(C(=O)C2CC2)C4)C3)C(=O)C2CCN(S(C)(=O)=O)CC2)cc1Cl. The molecular weight excluding hydrogens is 636 g/mol. The molecule has 1 aromatic carbocycles. The molecule has 2 unspecified atom stereocenters. The van der Waals surface area contributed by atoms with Gasteiger partial charge in [-0.2, -0.15) is 0 Å². The summed E-state index contributed by atoms with van der Waals surface area (Å²) in [7, 11) is -3.25. The van der Waals surface area contributed by atoms with Gasteiger partial charge in [0, 0.05) is 85.5 Å². The molecular formula is C35H49ClN6O4S. The molecule has 1 saturated carbocycles. The Bertz CT molecular complexity index is 1620. The van der Waals surface area contributed by atoms with E-state index in [-0.39, 0.29) is 17.7 Å². The van der Waals surface area contributed by atoms with Gasteiger partial charge >= 0.3 is 0 Å². The highest BCUT2D eigenvalue weighted by Crippen LogP contribution is 2.43. The van der Waals surface area contributed by atoms with Crippen molar-refractivity contribution < 1.29 is 18.0 Å². The average molecular weight is 685 g/mol. The predicted octanol–water partition coefficient (Wildman–Crippen LogP) is 4.71. The Labute approximate surface area is 284 Å². The first-order valence-corrected chi connectivity index (χ1v) is 19.8. The summed E-state index contributed by atoms with van der Waals surface area (Å²) in [6.07, 6.45) is 10.8. The summed E-state index contributed by atoms with van der Waals surface area (Å²) in [6.45, 7) is 7.86. The number of aryl methyl sites for hydroxylation is 2. The molecule has 3 saturated heterocycles. The molecule has 5 aliphatic rings. The third-order valence-corrected chi connectivity index (χ3v) is 13.2. The number of anilines is 1. The number of halogens is 1. The van der Waals surface area contributed by atoms with Crippen LogP contribution in [0.5, 0.6) is 0 Å². The quantitative estimate of drug-likeness (QED) is 0.380. The number of imidazole rings is 1. The van der Waals surface area contributed by atoms with Crippen LogP contribution in [0, 0.1) is 25.7 Å². The van der Waals surface area contributed by atoms with Crippen LogP contribution in [0.4, 0.5) is 5.69 Å². The first-order valence-electron chi connectivity index (χ1n) is 17.6. The summed E-state index contributed by atoms with van der Waals surface area (Å²) in [5, 5.41) is 0.645. The van der Waals surface area contributed by atoms with Crippen molar-refractivity contribution in [2.45, 2.75) is 103 Å². The van der Waals surface area contributed by atoms with Gasteiger partial charge < -0.3 is 14.4 Å². The van der Waals surface area contributed by atoms with Crippen LogP contribution in [-0.2, 0) is 32.6 Å². The number of hydrogen-bond acceptors (Lipinski definition) is 6. The van der Waals surface area contributed by atoms with E-state index in [0.717, 1.165) is 74.4 Å². The number of fused-ring (bicyclic) bond motifs is 3. The van der Waals surface area contributed by atoms with Crippen LogP contribution in [0.3, 0.4) is 0 Å². The molecule has 4 aliphatic heterocycles. The first kappa shape index (κ1) is 33.0. The van der Waals surface area contributed by atoms with E-state index in [1.807, 2.05) is 34.9 Å². The van der Waals surface area contributed by atoms with Crippen molar-refractivity contribution >= 4 is 39.1 Å². The van der Waals surface area contributed by atoms with Gasteiger partial charge in [-0.25, -0.2) is 17.7 Å². The molecule has 0 N–H and O–H groups in total. The van der Waals surface area contributed by atoms with Crippen molar-refractivity contribution in [2.75, 3.05) is 43.9 Å². The van der Waals surface area contributed by atoms with Gasteiger partial charge in [0.05, 0.1) is 18.5 Å². The monoisotopic (exact) mass is 684 g/mol. The van der Waals surface area contributed by atoms with Crippen LogP contribution in [0.15, 0.2) is 18.2 Å². The Morgan fingerprint density at radius 3 is 2.30 bits per heavy atom. The number of sulfonamides is 1. The number of carbonyl (C=O) groups is 2. The van der Waals surface area contributed by atoms with Gasteiger partial charge in [-0.3, -0.25) is 14.5 Å². The number of piperidine rings is 2. The molecule has 7 rings (SSSR count). The number of hydrogen-bond donors (Lipinski definition) is 0. The van der Waals surface area contributed by atoms with Crippen molar-refractivity contribution in [1.29, 1.82) is 0 Å². The fraction of sp³-hybridized carbons (Fsp3) is 0.686. The Morgan fingerprint density at radius 2 is 1.66 bits per heavy atom. The number of amides is 2. The van der Waals surface area contributed by atoms with Gasteiger partial charge in [0.15, 0.2) is 0 Å². The lowest BCUT2D eigenvalue weighted by atomic mass is 9.95. The Balaban J connectivity index is 0.996. The maximum Gasteiger partial charge on any atom is 0.230 e. The van der Waals surface area contributed by atoms with Gasteiger partial charge in [-0.15, -0.1) is 0 Å². The van der Waals surface area contributed by atoms with Gasteiger partial charge in [0.1, 0.15) is 5.82 Å². The second-order valence-corrected chi connectivity index (χ2v) is 17.1. The minimum atomic E-state index is -3.25. The largest absolute Gasteiger partial charge is 0.336 e. The number of aromatic nitrogens is 2. The van der Waals surface area contributed by atoms with Gasteiger partial charge in [0.25, 0.3) is 0 Å². The van der Waals surface area contributed by atoms with Crippen LogP contribution >= 0.6 is 11.6 Å². The molecule has 0 spiro atoms. The number of rotatable bonds is 9. The molecule has 5 heterocycles. The third-order valence-electron chi connectivity index (χ3n) is 11.5. The van der Waals surface area contributed by atoms with Gasteiger partial charge in [-0.1, -0.05) is 17.7 Å². The molecule has 0 radical (unpaired) electrons. The van der Waals surface area contributed by atoms with E-state index >= 15 is 0 Å². The highest BCUT2D eigenvalue weighted by molar-refractivity contribution is 7.88. The molecule has 2 aromatic rings. The second kappa shape index (κ2) is 13.1. The molecule has 1 aliphatic carbocycles. The lowest BCUT2D eigenvalue weighted by Gasteiger charge is -2.41. The zero-order valence-electron chi connectivity index (χ0n) is 28.0. The lowest BCUT2D eigenvalue weighted by Crippen LogP contribution is -2.46. The van der Waals surface area contributed by atoms with Gasteiger partial charge in [-0.05, 0) is 89.3 Å². The molecule has 256 valence electrons. The van der Waals surface area contributed by atoms with Crippen LogP contribution in [0.1, 0.15) is 86.6 Å². The molecule has 2 atom stereocenters. The smallest absolute Gasteiger partial charge is 0.230 e. The van der Waals surface area contributed by atoms with Crippen molar-refractivity contribution in [1.82, 2.24) is 23.7 Å². The van der Waals surface area contributed by atoms with Crippen molar-refractivity contribution in [3.05, 3.63) is 46.0 Å². The van der Waals surface area contributed by atoms with Crippen LogP contribution in [0.2, 0.25) is 5.02 Å². The minimum absolute atomic E-state index is 0.0671. The topological polar surface area (TPSA) is 99.1 Å². The summed E-state index contributed by atoms with van der Waals surface area (Å²) in [5.41, 5.74) is 4.23. The fourth-order valence-electron chi connectivity index (χ4n) is 8.81. The van der Waals surface area contributed by atoms with Crippen LogP contribution in [-0.4, -0.2) is 95.0 Å². The summed E-state index contributed by atoms with van der Waals surface area (Å²) >= 11 is 6.52. The molecule has 4 fully saturated rings. The minimum Gasteiger partial charge on any atom is -0.336 e. The predicted molar refractivity (Wildman–Crippen MR) is 183 cm³/mol. The maximum atomic E-state index is 14.0. The second-order valence-electron chi connectivity index (χ2n) is 14.7. The standard InChI is InChI=1S/C35H49ClN6O4S/c1-23-5-8-29(21-31(23)36)41(35(44)26-11-17-39(18-12-26)47(3,45)46)15-4-14-40-27-9-10-28(40)20-30(19-27)42-24(2)37-32-22-38(16-13-33(32)42)34(43)25-6-7-25/h5,8,21,25-28,30H,4,6-7,9-20,22H2,1-3H3. The number of benzene rings is 1. The molecule has 47 heavy (non-hydrogen) atoms. The molecule has 12 heteroatoms. The highest BCUT2D eigenvalue weighted by Gasteiger charge is 2.43. The first-order chi connectivity index (χ1) is 22.5. The van der Waals surface area contributed by atoms with E-state index in [0.29, 0.717) is 68.1 Å². The Morgan fingerprint density at radius 1 is 0.957 bits per heavy atom. The summed E-state index contributed by atoms with van der Waals surface area (Å²) < 4.78 is 28.1. The zero-order valence-corrected chi connectivity index (χ0v) is 29.6. The summed E-state index contributed by atoms with van der Waals surface area (Å²) in [4.78, 5) is 38.3. The van der Waals surface area contributed by atoms with E-state index in [2.05, 4.69) is 16.4 Å².